The third kappa shape index (κ3) is 3.27. The zero-order chi connectivity index (χ0) is 11.9. The maximum absolute atomic E-state index is 4.15. The standard InChI is InChI=1S/C12H15N5/c1-2-3-4-8-11-14-16-12(17-15-11)10-7-5-6-9-13-10/h5-7,9H,2-4,8H2,1H3. The maximum atomic E-state index is 4.15. The largest absolute Gasteiger partial charge is 0.253 e. The van der Waals surface area contributed by atoms with E-state index < -0.39 is 0 Å². The second kappa shape index (κ2) is 5.98. The molecule has 17 heavy (non-hydrogen) atoms. The third-order valence-electron chi connectivity index (χ3n) is 2.42. The van der Waals surface area contributed by atoms with Gasteiger partial charge in [0.1, 0.15) is 5.69 Å². The Bertz CT molecular complexity index is 440. The van der Waals surface area contributed by atoms with Crippen molar-refractivity contribution in [1.29, 1.82) is 0 Å². The smallest absolute Gasteiger partial charge is 0.221 e. The van der Waals surface area contributed by atoms with Crippen molar-refractivity contribution in [2.24, 2.45) is 0 Å². The van der Waals surface area contributed by atoms with Gasteiger partial charge in [-0.25, -0.2) is 0 Å². The van der Waals surface area contributed by atoms with Gasteiger partial charge in [-0.1, -0.05) is 25.8 Å². The normalized spacial score (nSPS) is 10.4. The SMILES string of the molecule is CCCCCc1nnc(-c2ccccn2)nn1. The van der Waals surface area contributed by atoms with Gasteiger partial charge >= 0.3 is 0 Å². The van der Waals surface area contributed by atoms with Crippen LogP contribution in [0.25, 0.3) is 11.5 Å². The van der Waals surface area contributed by atoms with Crippen LogP contribution in [0.4, 0.5) is 0 Å². The van der Waals surface area contributed by atoms with Gasteiger partial charge in [-0.2, -0.15) is 0 Å². The first kappa shape index (κ1) is 11.6. The van der Waals surface area contributed by atoms with Crippen LogP contribution >= 0.6 is 0 Å². The van der Waals surface area contributed by atoms with Crippen molar-refractivity contribution in [2.45, 2.75) is 32.6 Å². The zero-order valence-corrected chi connectivity index (χ0v) is 9.87. The molecule has 0 aromatic carbocycles. The molecule has 0 aliphatic heterocycles. The van der Waals surface area contributed by atoms with E-state index in [9.17, 15) is 0 Å². The molecule has 2 heterocycles. The number of hydrogen-bond donors (Lipinski definition) is 0. The van der Waals surface area contributed by atoms with Gasteiger partial charge in [0.15, 0.2) is 5.82 Å². The predicted molar refractivity (Wildman–Crippen MR) is 64.1 cm³/mol. The number of pyridine rings is 1. The topological polar surface area (TPSA) is 64.5 Å². The van der Waals surface area contributed by atoms with E-state index in [1.54, 1.807) is 6.20 Å². The Balaban J connectivity index is 2.03. The highest BCUT2D eigenvalue weighted by molar-refractivity contribution is 5.46. The Morgan fingerprint density at radius 3 is 2.47 bits per heavy atom. The monoisotopic (exact) mass is 229 g/mol. The van der Waals surface area contributed by atoms with Crippen molar-refractivity contribution >= 4 is 0 Å². The van der Waals surface area contributed by atoms with Crippen LogP contribution in [0.15, 0.2) is 24.4 Å². The third-order valence-corrected chi connectivity index (χ3v) is 2.42. The molecular formula is C12H15N5. The Kier molecular flexibility index (Phi) is 4.07. The predicted octanol–water partition coefficient (Wildman–Crippen LogP) is 2.06. The van der Waals surface area contributed by atoms with Gasteiger partial charge in [-0.15, -0.1) is 20.4 Å². The lowest BCUT2D eigenvalue weighted by molar-refractivity contribution is 0.664. The Morgan fingerprint density at radius 1 is 1.00 bits per heavy atom. The molecule has 0 aliphatic carbocycles. The van der Waals surface area contributed by atoms with Crippen LogP contribution in [0, 0.1) is 0 Å². The highest BCUT2D eigenvalue weighted by Gasteiger charge is 2.04. The molecule has 0 radical (unpaired) electrons. The van der Waals surface area contributed by atoms with Gasteiger partial charge in [-0.3, -0.25) is 4.98 Å². The van der Waals surface area contributed by atoms with E-state index in [-0.39, 0.29) is 0 Å². The molecule has 0 fully saturated rings. The molecule has 0 saturated carbocycles. The molecule has 0 N–H and O–H groups in total. The summed E-state index contributed by atoms with van der Waals surface area (Å²) in [7, 11) is 0. The molecule has 0 spiro atoms. The van der Waals surface area contributed by atoms with Crippen LogP contribution in [0.5, 0.6) is 0 Å². The molecule has 2 aromatic heterocycles. The quantitative estimate of drug-likeness (QED) is 0.734. The molecular weight excluding hydrogens is 214 g/mol. The molecule has 5 nitrogen and oxygen atoms in total. The van der Waals surface area contributed by atoms with E-state index >= 15 is 0 Å². The van der Waals surface area contributed by atoms with E-state index in [1.165, 1.54) is 12.8 Å². The maximum Gasteiger partial charge on any atom is 0.221 e. The molecule has 0 bridgehead atoms. The fraction of sp³-hybridized carbons (Fsp3) is 0.417. The van der Waals surface area contributed by atoms with Crippen molar-refractivity contribution in [1.82, 2.24) is 25.4 Å². The van der Waals surface area contributed by atoms with E-state index in [2.05, 4.69) is 32.3 Å². The van der Waals surface area contributed by atoms with Gasteiger partial charge in [0.05, 0.1) is 0 Å². The zero-order valence-electron chi connectivity index (χ0n) is 9.87. The molecule has 0 unspecified atom stereocenters. The Morgan fingerprint density at radius 2 is 1.82 bits per heavy atom. The molecule has 2 aromatic rings. The van der Waals surface area contributed by atoms with Crippen LogP contribution < -0.4 is 0 Å². The molecule has 0 saturated heterocycles. The van der Waals surface area contributed by atoms with Gasteiger partial charge in [-0.05, 0) is 18.6 Å². The average Bonchev–Trinajstić information content (AvgIpc) is 2.41. The summed E-state index contributed by atoms with van der Waals surface area (Å²) in [6, 6.07) is 5.58. The summed E-state index contributed by atoms with van der Waals surface area (Å²) in [6.07, 6.45) is 6.01. The molecule has 2 rings (SSSR count). The van der Waals surface area contributed by atoms with Crippen LogP contribution in [-0.4, -0.2) is 25.4 Å². The van der Waals surface area contributed by atoms with Crippen LogP contribution in [-0.2, 0) is 6.42 Å². The lowest BCUT2D eigenvalue weighted by atomic mass is 10.2. The van der Waals surface area contributed by atoms with E-state index in [1.807, 2.05) is 18.2 Å². The first-order valence-corrected chi connectivity index (χ1v) is 5.88. The van der Waals surface area contributed by atoms with Gasteiger partial charge in [0, 0.05) is 12.6 Å². The van der Waals surface area contributed by atoms with Crippen LogP contribution in [0.2, 0.25) is 0 Å². The minimum absolute atomic E-state index is 0.477. The highest BCUT2D eigenvalue weighted by atomic mass is 15.3. The summed E-state index contributed by atoms with van der Waals surface area (Å²) in [4.78, 5) is 4.15. The van der Waals surface area contributed by atoms with E-state index in [4.69, 9.17) is 0 Å². The first-order valence-electron chi connectivity index (χ1n) is 5.88. The fourth-order valence-corrected chi connectivity index (χ4v) is 1.48. The summed E-state index contributed by atoms with van der Waals surface area (Å²) in [5, 5.41) is 16.2. The lowest BCUT2D eigenvalue weighted by Gasteiger charge is -1.99. The minimum Gasteiger partial charge on any atom is -0.253 e. The summed E-state index contributed by atoms with van der Waals surface area (Å²) < 4.78 is 0. The molecule has 0 aliphatic rings. The molecule has 0 amide bonds. The Labute approximate surface area is 100 Å². The second-order valence-corrected chi connectivity index (χ2v) is 3.81. The van der Waals surface area contributed by atoms with Crippen molar-refractivity contribution in [3.63, 3.8) is 0 Å². The number of rotatable bonds is 5. The van der Waals surface area contributed by atoms with Crippen molar-refractivity contribution in [3.8, 4) is 11.5 Å². The first-order chi connectivity index (χ1) is 8.40. The highest BCUT2D eigenvalue weighted by Crippen LogP contribution is 2.08. The van der Waals surface area contributed by atoms with E-state index in [0.717, 1.165) is 12.8 Å². The number of nitrogens with zero attached hydrogens (tertiary/aromatic N) is 5. The summed E-state index contributed by atoms with van der Waals surface area (Å²) in [5.74, 6) is 1.18. The van der Waals surface area contributed by atoms with Crippen molar-refractivity contribution < 1.29 is 0 Å². The van der Waals surface area contributed by atoms with Crippen LogP contribution in [0.3, 0.4) is 0 Å². The summed E-state index contributed by atoms with van der Waals surface area (Å²) in [5.41, 5.74) is 0.701. The second-order valence-electron chi connectivity index (χ2n) is 3.81. The minimum atomic E-state index is 0.477. The summed E-state index contributed by atoms with van der Waals surface area (Å²) in [6.45, 7) is 2.17. The fourth-order valence-electron chi connectivity index (χ4n) is 1.48. The summed E-state index contributed by atoms with van der Waals surface area (Å²) >= 11 is 0. The molecule has 5 heteroatoms. The average molecular weight is 229 g/mol. The van der Waals surface area contributed by atoms with Crippen LogP contribution in [0.1, 0.15) is 32.0 Å². The van der Waals surface area contributed by atoms with E-state index in [0.29, 0.717) is 17.3 Å². The number of aryl methyl sites for hydroxylation is 1. The number of unbranched alkanes of at least 4 members (excludes halogenated alkanes) is 2. The Hall–Kier alpha value is -1.91. The lowest BCUT2D eigenvalue weighted by Crippen LogP contribution is -2.03. The van der Waals surface area contributed by atoms with Crippen molar-refractivity contribution in [3.05, 3.63) is 30.2 Å². The van der Waals surface area contributed by atoms with Gasteiger partial charge < -0.3 is 0 Å². The van der Waals surface area contributed by atoms with Gasteiger partial charge in [0.2, 0.25) is 5.82 Å². The molecule has 88 valence electrons. The number of hydrogen-bond acceptors (Lipinski definition) is 5. The van der Waals surface area contributed by atoms with Crippen molar-refractivity contribution in [2.75, 3.05) is 0 Å². The number of aromatic nitrogens is 5. The van der Waals surface area contributed by atoms with Gasteiger partial charge in [0.25, 0.3) is 0 Å². The molecule has 0 atom stereocenters.